The summed E-state index contributed by atoms with van der Waals surface area (Å²) in [7, 11) is 0. The summed E-state index contributed by atoms with van der Waals surface area (Å²) < 4.78 is 0. The van der Waals surface area contributed by atoms with Gasteiger partial charge >= 0.3 is 0 Å². The molecular weight excluding hydrogens is 278 g/mol. The average Bonchev–Trinajstić information content (AvgIpc) is 2.51. The Labute approximate surface area is 143 Å². The highest BCUT2D eigenvalue weighted by atomic mass is 14.9. The van der Waals surface area contributed by atoms with Gasteiger partial charge in [0.2, 0.25) is 0 Å². The Bertz CT molecular complexity index is 512. The first-order valence-electron chi connectivity index (χ1n) is 9.07. The average molecular weight is 314 g/mol. The first-order chi connectivity index (χ1) is 10.9. The topological polar surface area (TPSA) is 12.0 Å². The summed E-state index contributed by atoms with van der Waals surface area (Å²) in [5, 5.41) is 3.70. The van der Waals surface area contributed by atoms with Gasteiger partial charge in [-0.15, -0.1) is 0 Å². The fraction of sp³-hybridized carbons (Fsp3) is 0.545. The second-order valence-corrected chi connectivity index (χ2v) is 7.05. The minimum atomic E-state index is 0.539. The molecule has 0 aliphatic heterocycles. The molecule has 0 spiro atoms. The maximum Gasteiger partial charge on any atom is 0.00444 e. The molecule has 1 aromatic carbocycles. The summed E-state index contributed by atoms with van der Waals surface area (Å²) in [6.45, 7) is 14.5. The first kappa shape index (κ1) is 19.7. The molecular formula is C22H35N. The molecule has 1 heteroatoms. The number of rotatable bonds is 9. The Hall–Kier alpha value is -1.34. The summed E-state index contributed by atoms with van der Waals surface area (Å²) in [6.07, 6.45) is 9.16. The molecule has 1 nitrogen and oxygen atoms in total. The molecule has 23 heavy (non-hydrogen) atoms. The van der Waals surface area contributed by atoms with Gasteiger partial charge < -0.3 is 5.32 Å². The SMILES string of the molecule is CC/C=C(C)\C=C/[C@@H](C)C[C@@H](C)NC[C@H](C)c1cccc(C)c1. The van der Waals surface area contributed by atoms with Gasteiger partial charge in [-0.1, -0.05) is 74.4 Å². The Kier molecular flexibility index (Phi) is 8.94. The fourth-order valence-electron chi connectivity index (χ4n) is 2.90. The zero-order chi connectivity index (χ0) is 17.2. The largest absolute Gasteiger partial charge is 0.314 e. The number of hydrogen-bond acceptors (Lipinski definition) is 1. The fourth-order valence-corrected chi connectivity index (χ4v) is 2.90. The molecule has 0 unspecified atom stereocenters. The van der Waals surface area contributed by atoms with Crippen molar-refractivity contribution in [2.24, 2.45) is 5.92 Å². The summed E-state index contributed by atoms with van der Waals surface area (Å²) in [5.74, 6) is 1.16. The van der Waals surface area contributed by atoms with E-state index in [9.17, 15) is 0 Å². The molecule has 0 aromatic heterocycles. The van der Waals surface area contributed by atoms with Gasteiger partial charge in [0, 0.05) is 12.6 Å². The van der Waals surface area contributed by atoms with Crippen molar-refractivity contribution in [1.29, 1.82) is 0 Å². The third kappa shape index (κ3) is 8.18. The van der Waals surface area contributed by atoms with E-state index in [1.54, 1.807) is 0 Å². The van der Waals surface area contributed by atoms with Gasteiger partial charge in [-0.05, 0) is 51.0 Å². The predicted octanol–water partition coefficient (Wildman–Crippen LogP) is 6.02. The van der Waals surface area contributed by atoms with Crippen LogP contribution in [0.1, 0.15) is 64.5 Å². The van der Waals surface area contributed by atoms with Crippen molar-refractivity contribution >= 4 is 0 Å². The van der Waals surface area contributed by atoms with Gasteiger partial charge in [0.05, 0.1) is 0 Å². The van der Waals surface area contributed by atoms with Gasteiger partial charge in [-0.2, -0.15) is 0 Å². The maximum atomic E-state index is 3.70. The van der Waals surface area contributed by atoms with Crippen molar-refractivity contribution in [1.82, 2.24) is 5.32 Å². The number of nitrogens with one attached hydrogen (secondary N) is 1. The molecule has 0 fully saturated rings. The number of hydrogen-bond donors (Lipinski definition) is 1. The van der Waals surface area contributed by atoms with Crippen LogP contribution in [0.3, 0.4) is 0 Å². The molecule has 1 aromatic rings. The Balaban J connectivity index is 2.38. The molecule has 0 heterocycles. The Morgan fingerprint density at radius 1 is 1.22 bits per heavy atom. The molecule has 0 aliphatic rings. The second-order valence-electron chi connectivity index (χ2n) is 7.05. The van der Waals surface area contributed by atoms with Crippen molar-refractivity contribution in [3.8, 4) is 0 Å². The van der Waals surface area contributed by atoms with Crippen molar-refractivity contribution in [3.05, 3.63) is 59.2 Å². The highest BCUT2D eigenvalue weighted by Gasteiger charge is 2.10. The third-order valence-corrected chi connectivity index (χ3v) is 4.32. The molecule has 1 rings (SSSR count). The monoisotopic (exact) mass is 313 g/mol. The lowest BCUT2D eigenvalue weighted by molar-refractivity contribution is 0.452. The van der Waals surface area contributed by atoms with Crippen molar-refractivity contribution in [3.63, 3.8) is 0 Å². The Morgan fingerprint density at radius 2 is 1.96 bits per heavy atom. The molecule has 128 valence electrons. The lowest BCUT2D eigenvalue weighted by Crippen LogP contribution is -2.30. The van der Waals surface area contributed by atoms with Gasteiger partial charge in [-0.3, -0.25) is 0 Å². The van der Waals surface area contributed by atoms with E-state index in [1.807, 2.05) is 0 Å². The third-order valence-electron chi connectivity index (χ3n) is 4.32. The first-order valence-corrected chi connectivity index (χ1v) is 9.07. The minimum Gasteiger partial charge on any atom is -0.314 e. The highest BCUT2D eigenvalue weighted by molar-refractivity contribution is 5.25. The minimum absolute atomic E-state index is 0.539. The van der Waals surface area contributed by atoms with E-state index < -0.39 is 0 Å². The number of benzene rings is 1. The predicted molar refractivity (Wildman–Crippen MR) is 104 cm³/mol. The van der Waals surface area contributed by atoms with Crippen LogP contribution in [0.2, 0.25) is 0 Å². The van der Waals surface area contributed by atoms with E-state index in [1.165, 1.54) is 23.1 Å². The maximum absolute atomic E-state index is 3.70. The van der Waals surface area contributed by atoms with Gasteiger partial charge in [0.1, 0.15) is 0 Å². The molecule has 0 saturated heterocycles. The zero-order valence-electron chi connectivity index (χ0n) is 15.9. The van der Waals surface area contributed by atoms with E-state index in [0.717, 1.165) is 13.0 Å². The van der Waals surface area contributed by atoms with Crippen molar-refractivity contribution < 1.29 is 0 Å². The molecule has 1 N–H and O–H groups in total. The zero-order valence-corrected chi connectivity index (χ0v) is 15.9. The van der Waals surface area contributed by atoms with Gasteiger partial charge in [0.25, 0.3) is 0 Å². The van der Waals surface area contributed by atoms with Gasteiger partial charge in [-0.25, -0.2) is 0 Å². The molecule has 0 bridgehead atoms. The van der Waals surface area contributed by atoms with Crippen LogP contribution in [-0.4, -0.2) is 12.6 Å². The summed E-state index contributed by atoms with van der Waals surface area (Å²) >= 11 is 0. The normalized spacial score (nSPS) is 16.5. The quantitative estimate of drug-likeness (QED) is 0.550. The van der Waals surface area contributed by atoms with E-state index in [4.69, 9.17) is 0 Å². The van der Waals surface area contributed by atoms with Crippen LogP contribution >= 0.6 is 0 Å². The van der Waals surface area contributed by atoms with Crippen molar-refractivity contribution in [2.75, 3.05) is 6.54 Å². The highest BCUT2D eigenvalue weighted by Crippen LogP contribution is 2.16. The van der Waals surface area contributed by atoms with E-state index in [-0.39, 0.29) is 0 Å². The van der Waals surface area contributed by atoms with E-state index in [2.05, 4.69) is 89.4 Å². The van der Waals surface area contributed by atoms with Crippen LogP contribution in [0.4, 0.5) is 0 Å². The Morgan fingerprint density at radius 3 is 2.61 bits per heavy atom. The van der Waals surface area contributed by atoms with Crippen LogP contribution in [0.25, 0.3) is 0 Å². The lowest BCUT2D eigenvalue weighted by Gasteiger charge is -2.20. The van der Waals surface area contributed by atoms with Crippen LogP contribution in [0.15, 0.2) is 48.1 Å². The molecule has 0 radical (unpaired) electrons. The summed E-state index contributed by atoms with van der Waals surface area (Å²) in [6, 6.07) is 9.39. The molecule has 0 saturated carbocycles. The second kappa shape index (κ2) is 10.4. The van der Waals surface area contributed by atoms with Crippen LogP contribution in [0.5, 0.6) is 0 Å². The van der Waals surface area contributed by atoms with E-state index >= 15 is 0 Å². The van der Waals surface area contributed by atoms with Crippen LogP contribution in [0, 0.1) is 12.8 Å². The van der Waals surface area contributed by atoms with E-state index in [0.29, 0.717) is 17.9 Å². The van der Waals surface area contributed by atoms with Gasteiger partial charge in [0.15, 0.2) is 0 Å². The molecule has 0 aliphatic carbocycles. The number of allylic oxidation sites excluding steroid dienone is 4. The van der Waals surface area contributed by atoms with Crippen LogP contribution in [-0.2, 0) is 0 Å². The van der Waals surface area contributed by atoms with Crippen molar-refractivity contribution in [2.45, 2.75) is 66.3 Å². The summed E-state index contributed by atoms with van der Waals surface area (Å²) in [5.41, 5.74) is 4.14. The molecule has 3 atom stereocenters. The smallest absolute Gasteiger partial charge is 0.00444 e. The number of aryl methyl sites for hydroxylation is 1. The lowest BCUT2D eigenvalue weighted by atomic mass is 9.97. The molecule has 0 amide bonds. The summed E-state index contributed by atoms with van der Waals surface area (Å²) in [4.78, 5) is 0. The standard InChI is InChI=1S/C22H35N/c1-7-9-17(2)12-13-19(4)14-21(6)23-16-20(5)22-11-8-10-18(3)15-22/h8-13,15,19-21,23H,7,14,16H2,1-6H3/b13-12-,17-9-/t19-,20+,21-/m1/s1. The van der Waals surface area contributed by atoms with Crippen LogP contribution < -0.4 is 5.32 Å².